The molecule has 0 saturated carbocycles. The Kier molecular flexibility index (Phi) is 8.08. The number of nitrogens with zero attached hydrogens (tertiary/aromatic N) is 2. The van der Waals surface area contributed by atoms with Crippen LogP contribution >= 0.6 is 11.3 Å². The highest BCUT2D eigenvalue weighted by Gasteiger charge is 2.15. The van der Waals surface area contributed by atoms with Crippen LogP contribution in [0.4, 0.5) is 10.1 Å². The summed E-state index contributed by atoms with van der Waals surface area (Å²) in [4.78, 5) is 5.81. The zero-order chi connectivity index (χ0) is 27.4. The lowest BCUT2D eigenvalue weighted by Crippen LogP contribution is -2.14. The highest BCUT2D eigenvalue weighted by atomic mass is 32.1. The summed E-state index contributed by atoms with van der Waals surface area (Å²) in [6.45, 7) is 20.4. The maximum absolute atomic E-state index is 13.6. The Balaban J connectivity index is 1.64. The third kappa shape index (κ3) is 5.68. The van der Waals surface area contributed by atoms with Crippen LogP contribution in [-0.4, -0.2) is 15.2 Å². The predicted molar refractivity (Wildman–Crippen MR) is 160 cm³/mol. The standard InChI is InChI=1S/C31H32FN5S/c1-8-22(17-23(9-2)33-20(6)18(3)4)26-13-14-27-31(35-26)30(37-36-27)21(7)34-25-12-10-11-24(19(25)5)28-15-16-29(32)38-28/h8-18,33-34H,2,6-7H2,1,3-5H3,(H,36,37)/b22-8+,23-17+. The van der Waals surface area contributed by atoms with Crippen molar-refractivity contribution >= 4 is 39.3 Å². The van der Waals surface area contributed by atoms with Crippen molar-refractivity contribution in [1.29, 1.82) is 0 Å². The number of rotatable bonds is 10. The Hall–Kier alpha value is -4.23. The van der Waals surface area contributed by atoms with Crippen molar-refractivity contribution in [2.24, 2.45) is 5.92 Å². The van der Waals surface area contributed by atoms with Crippen LogP contribution in [0.2, 0.25) is 0 Å². The summed E-state index contributed by atoms with van der Waals surface area (Å²) in [6.07, 6.45) is 5.78. The van der Waals surface area contributed by atoms with E-state index in [-0.39, 0.29) is 5.13 Å². The molecular formula is C31H32FN5S. The zero-order valence-electron chi connectivity index (χ0n) is 22.2. The molecule has 0 atom stereocenters. The molecule has 7 heteroatoms. The number of fused-ring (bicyclic) bond motifs is 1. The molecule has 4 rings (SSSR count). The van der Waals surface area contributed by atoms with Gasteiger partial charge in [-0.15, -0.1) is 11.3 Å². The first-order valence-electron chi connectivity index (χ1n) is 12.3. The van der Waals surface area contributed by atoms with E-state index in [0.29, 0.717) is 22.8 Å². The topological polar surface area (TPSA) is 65.6 Å². The van der Waals surface area contributed by atoms with Crippen LogP contribution in [0.1, 0.15) is 37.7 Å². The Morgan fingerprint density at radius 1 is 1.13 bits per heavy atom. The minimum atomic E-state index is -0.205. The fraction of sp³-hybridized carbons (Fsp3) is 0.161. The molecular weight excluding hydrogens is 493 g/mol. The van der Waals surface area contributed by atoms with E-state index in [1.165, 1.54) is 6.07 Å². The number of H-pyrrole nitrogens is 1. The van der Waals surface area contributed by atoms with Crippen LogP contribution in [0.3, 0.4) is 0 Å². The van der Waals surface area contributed by atoms with Gasteiger partial charge in [-0.25, -0.2) is 4.98 Å². The Bertz CT molecular complexity index is 1580. The SMILES string of the molecule is C=C/C(=C\C(=C/C)c1ccc2[nH]nc(C(=C)Nc3cccc(-c4ccc(F)s4)c3C)c2n1)NC(=C)C(C)C. The monoisotopic (exact) mass is 525 g/mol. The fourth-order valence-corrected chi connectivity index (χ4v) is 4.75. The van der Waals surface area contributed by atoms with Crippen LogP contribution in [0, 0.1) is 18.0 Å². The molecule has 0 aliphatic heterocycles. The van der Waals surface area contributed by atoms with Gasteiger partial charge in [0.25, 0.3) is 0 Å². The van der Waals surface area contributed by atoms with Gasteiger partial charge in [0, 0.05) is 22.0 Å². The van der Waals surface area contributed by atoms with Gasteiger partial charge in [-0.3, -0.25) is 5.10 Å². The average Bonchev–Trinajstić information content (AvgIpc) is 3.53. The van der Waals surface area contributed by atoms with E-state index in [1.54, 1.807) is 12.1 Å². The van der Waals surface area contributed by atoms with Gasteiger partial charge in [-0.2, -0.15) is 9.49 Å². The number of benzene rings is 1. The van der Waals surface area contributed by atoms with Crippen molar-refractivity contribution in [2.45, 2.75) is 27.7 Å². The number of pyridine rings is 1. The molecule has 0 radical (unpaired) electrons. The van der Waals surface area contributed by atoms with Crippen LogP contribution in [-0.2, 0) is 0 Å². The molecule has 0 aliphatic carbocycles. The molecule has 3 heterocycles. The molecule has 0 amide bonds. The van der Waals surface area contributed by atoms with Crippen LogP contribution in [0.15, 0.2) is 91.8 Å². The molecule has 0 fully saturated rings. The molecule has 0 aliphatic rings. The normalized spacial score (nSPS) is 12.2. The summed E-state index contributed by atoms with van der Waals surface area (Å²) in [7, 11) is 0. The lowest BCUT2D eigenvalue weighted by atomic mass is 10.0. The molecule has 4 aromatic rings. The molecule has 1 aromatic carbocycles. The minimum absolute atomic E-state index is 0.205. The van der Waals surface area contributed by atoms with Gasteiger partial charge in [0.05, 0.1) is 16.9 Å². The molecule has 0 spiro atoms. The number of halogens is 1. The number of allylic oxidation sites excluding steroid dienone is 5. The number of aromatic amines is 1. The summed E-state index contributed by atoms with van der Waals surface area (Å²) in [5.74, 6) is 0.296. The van der Waals surface area contributed by atoms with Crippen molar-refractivity contribution < 1.29 is 4.39 Å². The van der Waals surface area contributed by atoms with Gasteiger partial charge in [-0.05, 0) is 78.9 Å². The molecule has 5 nitrogen and oxygen atoms in total. The van der Waals surface area contributed by atoms with Gasteiger partial charge in [-0.1, -0.05) is 51.8 Å². The largest absolute Gasteiger partial charge is 0.359 e. The van der Waals surface area contributed by atoms with Gasteiger partial charge in [0.15, 0.2) is 5.13 Å². The highest BCUT2D eigenvalue weighted by Crippen LogP contribution is 2.34. The number of hydrogen-bond acceptors (Lipinski definition) is 5. The highest BCUT2D eigenvalue weighted by molar-refractivity contribution is 7.13. The van der Waals surface area contributed by atoms with E-state index in [4.69, 9.17) is 4.98 Å². The number of thiophene rings is 1. The Morgan fingerprint density at radius 3 is 2.58 bits per heavy atom. The van der Waals surface area contributed by atoms with Gasteiger partial charge >= 0.3 is 0 Å². The number of nitrogens with one attached hydrogen (secondary N) is 3. The molecule has 0 saturated heterocycles. The number of aromatic nitrogens is 3. The van der Waals surface area contributed by atoms with Crippen molar-refractivity contribution in [3.63, 3.8) is 0 Å². The van der Waals surface area contributed by atoms with Gasteiger partial charge < -0.3 is 10.6 Å². The maximum atomic E-state index is 13.6. The smallest absolute Gasteiger partial charge is 0.176 e. The van der Waals surface area contributed by atoms with Crippen molar-refractivity contribution in [1.82, 2.24) is 20.5 Å². The summed E-state index contributed by atoms with van der Waals surface area (Å²) >= 11 is 1.13. The van der Waals surface area contributed by atoms with Crippen molar-refractivity contribution in [2.75, 3.05) is 5.32 Å². The number of hydrogen-bond donors (Lipinski definition) is 3. The molecule has 0 unspecified atom stereocenters. The van der Waals surface area contributed by atoms with Crippen LogP contribution < -0.4 is 10.6 Å². The van der Waals surface area contributed by atoms with Crippen molar-refractivity contribution in [3.05, 3.63) is 114 Å². The predicted octanol–water partition coefficient (Wildman–Crippen LogP) is 8.45. The third-order valence-corrected chi connectivity index (χ3v) is 7.20. The summed E-state index contributed by atoms with van der Waals surface area (Å²) in [5, 5.41) is 14.1. The van der Waals surface area contributed by atoms with E-state index < -0.39 is 0 Å². The fourth-order valence-electron chi connectivity index (χ4n) is 3.94. The molecule has 0 bridgehead atoms. The second kappa shape index (κ2) is 11.4. The summed E-state index contributed by atoms with van der Waals surface area (Å²) in [6, 6.07) is 13.1. The Labute approximate surface area is 227 Å². The first kappa shape index (κ1) is 26.8. The first-order chi connectivity index (χ1) is 18.2. The zero-order valence-corrected chi connectivity index (χ0v) is 23.0. The lowest BCUT2D eigenvalue weighted by molar-refractivity contribution is 0.657. The van der Waals surface area contributed by atoms with E-state index >= 15 is 0 Å². The quantitative estimate of drug-likeness (QED) is 0.182. The van der Waals surface area contributed by atoms with Crippen molar-refractivity contribution in [3.8, 4) is 10.4 Å². The average molecular weight is 526 g/mol. The number of anilines is 1. The van der Waals surface area contributed by atoms with E-state index in [9.17, 15) is 4.39 Å². The molecule has 194 valence electrons. The molecule has 3 aromatic heterocycles. The van der Waals surface area contributed by atoms with E-state index in [0.717, 1.165) is 61.2 Å². The molecule has 38 heavy (non-hydrogen) atoms. The Morgan fingerprint density at radius 2 is 1.92 bits per heavy atom. The summed E-state index contributed by atoms with van der Waals surface area (Å²) < 4.78 is 13.6. The molecule has 3 N–H and O–H groups in total. The maximum Gasteiger partial charge on any atom is 0.176 e. The lowest BCUT2D eigenvalue weighted by Gasteiger charge is -2.14. The first-order valence-corrected chi connectivity index (χ1v) is 13.2. The van der Waals surface area contributed by atoms with Gasteiger partial charge in [0.2, 0.25) is 0 Å². The second-order valence-electron chi connectivity index (χ2n) is 9.20. The van der Waals surface area contributed by atoms with Crippen LogP contribution in [0.25, 0.3) is 32.7 Å². The third-order valence-electron chi connectivity index (χ3n) is 6.29. The van der Waals surface area contributed by atoms with Gasteiger partial charge in [0.1, 0.15) is 11.2 Å². The van der Waals surface area contributed by atoms with E-state index in [2.05, 4.69) is 54.4 Å². The van der Waals surface area contributed by atoms with Crippen LogP contribution in [0.5, 0.6) is 0 Å². The summed E-state index contributed by atoms with van der Waals surface area (Å²) in [5.41, 5.74) is 9.09. The van der Waals surface area contributed by atoms with E-state index in [1.807, 2.05) is 56.3 Å². The second-order valence-corrected chi connectivity index (χ2v) is 10.2. The minimum Gasteiger partial charge on any atom is -0.359 e.